The van der Waals surface area contributed by atoms with Crippen LogP contribution in [0.25, 0.3) is 0 Å². The van der Waals surface area contributed by atoms with Crippen LogP contribution in [0.3, 0.4) is 0 Å². The van der Waals surface area contributed by atoms with Gasteiger partial charge in [0.25, 0.3) is 6.69 Å². The first-order valence-electron chi connectivity index (χ1n) is 6.12. The molecule has 0 atom stereocenters. The van der Waals surface area contributed by atoms with Gasteiger partial charge in [0, 0.05) is 0 Å². The van der Waals surface area contributed by atoms with Gasteiger partial charge in [-0.2, -0.15) is 0 Å². The number of benzene rings is 1. The summed E-state index contributed by atoms with van der Waals surface area (Å²) in [4.78, 5) is 0. The van der Waals surface area contributed by atoms with Crippen molar-refractivity contribution in [1.29, 1.82) is 0 Å². The third-order valence-electron chi connectivity index (χ3n) is 2.86. The highest BCUT2D eigenvalue weighted by atomic mass is 35.7. The SMILES string of the molecule is CCCCCC[Si](Cl)(Cl)c1ccc(OC)cc1. The van der Waals surface area contributed by atoms with E-state index in [0.29, 0.717) is 0 Å². The molecule has 1 aromatic carbocycles. The van der Waals surface area contributed by atoms with E-state index in [1.54, 1.807) is 7.11 Å². The maximum atomic E-state index is 6.50. The molecule has 0 radical (unpaired) electrons. The lowest BCUT2D eigenvalue weighted by Crippen LogP contribution is -2.35. The van der Waals surface area contributed by atoms with Crippen LogP contribution in [0.1, 0.15) is 32.6 Å². The molecule has 0 amide bonds. The van der Waals surface area contributed by atoms with E-state index >= 15 is 0 Å². The Kier molecular flexibility index (Phi) is 6.38. The molecule has 17 heavy (non-hydrogen) atoms. The molecule has 0 fully saturated rings. The van der Waals surface area contributed by atoms with Gasteiger partial charge in [0.15, 0.2) is 0 Å². The van der Waals surface area contributed by atoms with Gasteiger partial charge in [-0.3, -0.25) is 0 Å². The van der Waals surface area contributed by atoms with Crippen molar-refractivity contribution in [2.24, 2.45) is 0 Å². The molecular weight excluding hydrogens is 271 g/mol. The molecule has 0 saturated carbocycles. The second-order valence-corrected chi connectivity index (χ2v) is 11.2. The molecule has 0 aliphatic heterocycles. The van der Waals surface area contributed by atoms with Crippen molar-refractivity contribution in [1.82, 2.24) is 0 Å². The number of unbranched alkanes of at least 4 members (excludes halogenated alkanes) is 3. The average molecular weight is 291 g/mol. The number of rotatable bonds is 7. The van der Waals surface area contributed by atoms with Crippen LogP contribution in [0.2, 0.25) is 6.04 Å². The van der Waals surface area contributed by atoms with Crippen LogP contribution in [0, 0.1) is 0 Å². The van der Waals surface area contributed by atoms with E-state index in [-0.39, 0.29) is 0 Å². The molecule has 0 unspecified atom stereocenters. The molecule has 0 spiro atoms. The first-order valence-corrected chi connectivity index (χ1v) is 10.4. The fourth-order valence-corrected chi connectivity index (χ4v) is 4.95. The summed E-state index contributed by atoms with van der Waals surface area (Å²) in [6, 6.07) is 8.76. The van der Waals surface area contributed by atoms with Gasteiger partial charge in [0.1, 0.15) is 5.75 Å². The number of halogens is 2. The first kappa shape index (κ1) is 14.9. The quantitative estimate of drug-likeness (QED) is 0.411. The number of hydrogen-bond donors (Lipinski definition) is 0. The van der Waals surface area contributed by atoms with Crippen LogP contribution in [0.5, 0.6) is 5.75 Å². The van der Waals surface area contributed by atoms with Gasteiger partial charge in [0.2, 0.25) is 0 Å². The Bertz CT molecular complexity index is 325. The predicted molar refractivity (Wildman–Crippen MR) is 79.0 cm³/mol. The second-order valence-electron chi connectivity index (χ2n) is 4.24. The summed E-state index contributed by atoms with van der Waals surface area (Å²) >= 11 is 13.0. The normalized spacial score (nSPS) is 11.5. The molecule has 0 aliphatic rings. The summed E-state index contributed by atoms with van der Waals surface area (Å²) in [5.74, 6) is 0.845. The van der Waals surface area contributed by atoms with E-state index in [2.05, 4.69) is 6.92 Å². The van der Waals surface area contributed by atoms with Crippen LogP contribution in [-0.4, -0.2) is 13.8 Å². The van der Waals surface area contributed by atoms with E-state index in [0.717, 1.165) is 23.4 Å². The fourth-order valence-electron chi connectivity index (χ4n) is 1.75. The smallest absolute Gasteiger partial charge is 0.280 e. The van der Waals surface area contributed by atoms with Gasteiger partial charge < -0.3 is 4.74 Å². The van der Waals surface area contributed by atoms with Crippen LogP contribution in [0.4, 0.5) is 0 Å². The van der Waals surface area contributed by atoms with Crippen molar-refractivity contribution in [2.45, 2.75) is 38.7 Å². The van der Waals surface area contributed by atoms with Gasteiger partial charge in [-0.25, -0.2) is 0 Å². The van der Waals surface area contributed by atoms with Crippen LogP contribution in [0.15, 0.2) is 24.3 Å². The molecule has 0 N–H and O–H groups in total. The van der Waals surface area contributed by atoms with Crippen molar-refractivity contribution in [3.8, 4) is 5.75 Å². The Hall–Kier alpha value is -0.183. The lowest BCUT2D eigenvalue weighted by Gasteiger charge is -2.17. The Morgan fingerprint density at radius 2 is 1.71 bits per heavy atom. The van der Waals surface area contributed by atoms with E-state index in [1.165, 1.54) is 19.3 Å². The van der Waals surface area contributed by atoms with Gasteiger partial charge in [0.05, 0.1) is 7.11 Å². The summed E-state index contributed by atoms with van der Waals surface area (Å²) in [6.07, 6.45) is 4.85. The average Bonchev–Trinajstić information content (AvgIpc) is 2.35. The largest absolute Gasteiger partial charge is 0.497 e. The maximum absolute atomic E-state index is 6.50. The Morgan fingerprint density at radius 3 is 2.24 bits per heavy atom. The number of hydrogen-bond acceptors (Lipinski definition) is 1. The van der Waals surface area contributed by atoms with E-state index < -0.39 is 6.69 Å². The third-order valence-corrected chi connectivity index (χ3v) is 7.46. The lowest BCUT2D eigenvalue weighted by molar-refractivity contribution is 0.415. The molecule has 1 aromatic rings. The van der Waals surface area contributed by atoms with Crippen molar-refractivity contribution in [3.05, 3.63) is 24.3 Å². The predicted octanol–water partition coefficient (Wildman–Crippen LogP) is 4.40. The van der Waals surface area contributed by atoms with E-state index in [1.807, 2.05) is 24.3 Å². The zero-order chi connectivity index (χ0) is 12.7. The minimum Gasteiger partial charge on any atom is -0.497 e. The molecule has 0 heterocycles. The molecule has 0 aromatic heterocycles. The van der Waals surface area contributed by atoms with Crippen molar-refractivity contribution < 1.29 is 4.74 Å². The third kappa shape index (κ3) is 4.90. The Balaban J connectivity index is 2.55. The highest BCUT2D eigenvalue weighted by Crippen LogP contribution is 2.24. The minimum absolute atomic E-state index is 0.845. The monoisotopic (exact) mass is 290 g/mol. The highest BCUT2D eigenvalue weighted by Gasteiger charge is 2.30. The zero-order valence-corrected chi connectivity index (χ0v) is 13.0. The van der Waals surface area contributed by atoms with Gasteiger partial charge in [-0.05, 0) is 23.4 Å². The van der Waals surface area contributed by atoms with Gasteiger partial charge in [-0.1, -0.05) is 44.7 Å². The zero-order valence-electron chi connectivity index (χ0n) is 10.5. The molecule has 4 heteroatoms. The first-order chi connectivity index (χ1) is 8.10. The van der Waals surface area contributed by atoms with E-state index in [4.69, 9.17) is 26.9 Å². The Morgan fingerprint density at radius 1 is 1.06 bits per heavy atom. The summed E-state index contributed by atoms with van der Waals surface area (Å²) < 4.78 is 5.12. The van der Waals surface area contributed by atoms with Crippen LogP contribution < -0.4 is 9.92 Å². The number of ether oxygens (including phenoxy) is 1. The van der Waals surface area contributed by atoms with Crippen molar-refractivity contribution in [2.75, 3.05) is 7.11 Å². The second kappa shape index (κ2) is 7.30. The van der Waals surface area contributed by atoms with E-state index in [9.17, 15) is 0 Å². The Labute approximate surface area is 114 Å². The van der Waals surface area contributed by atoms with Gasteiger partial charge in [-0.15, -0.1) is 22.2 Å². The van der Waals surface area contributed by atoms with Crippen molar-refractivity contribution in [3.63, 3.8) is 0 Å². The molecule has 0 aliphatic carbocycles. The summed E-state index contributed by atoms with van der Waals surface area (Å²) in [6.45, 7) is -0.0723. The molecule has 1 rings (SSSR count). The van der Waals surface area contributed by atoms with Crippen LogP contribution >= 0.6 is 22.2 Å². The minimum atomic E-state index is -2.28. The number of methoxy groups -OCH3 is 1. The molecular formula is C13H20Cl2OSi. The highest BCUT2D eigenvalue weighted by molar-refractivity contribution is 7.50. The molecule has 0 bridgehead atoms. The maximum Gasteiger partial charge on any atom is 0.280 e. The topological polar surface area (TPSA) is 9.23 Å². The molecule has 96 valence electrons. The summed E-state index contributed by atoms with van der Waals surface area (Å²) in [5, 5.41) is 1.08. The van der Waals surface area contributed by atoms with Crippen molar-refractivity contribution >= 4 is 34.0 Å². The molecule has 0 saturated heterocycles. The lowest BCUT2D eigenvalue weighted by atomic mass is 10.2. The summed E-state index contributed by atoms with van der Waals surface area (Å²) in [5.41, 5.74) is 0. The standard InChI is InChI=1S/C13H20Cl2OSi/c1-3-4-5-6-11-17(14,15)13-9-7-12(16-2)8-10-13/h7-10H,3-6,11H2,1-2H3. The van der Waals surface area contributed by atoms with Crippen LogP contribution in [-0.2, 0) is 0 Å². The molecule has 1 nitrogen and oxygen atoms in total. The summed E-state index contributed by atoms with van der Waals surface area (Å²) in [7, 11) is 1.66. The fraction of sp³-hybridized carbons (Fsp3) is 0.538. The van der Waals surface area contributed by atoms with Gasteiger partial charge >= 0.3 is 0 Å².